The van der Waals surface area contributed by atoms with Crippen molar-refractivity contribution in [1.29, 1.82) is 0 Å². The fourth-order valence-electron chi connectivity index (χ4n) is 3.68. The quantitative estimate of drug-likeness (QED) is 0.726. The normalized spacial score (nSPS) is 15.3. The van der Waals surface area contributed by atoms with Crippen LogP contribution in [0.3, 0.4) is 0 Å². The van der Waals surface area contributed by atoms with E-state index in [1.165, 1.54) is 0 Å². The molecule has 0 bridgehead atoms. The Morgan fingerprint density at radius 1 is 1.10 bits per heavy atom. The number of rotatable bonds is 4. The summed E-state index contributed by atoms with van der Waals surface area (Å²) in [6.45, 7) is 4.21. The molecule has 154 valence electrons. The number of hydrogen-bond donors (Lipinski definition) is 1. The summed E-state index contributed by atoms with van der Waals surface area (Å²) in [5.74, 6) is 0.0663. The topological polar surface area (TPSA) is 76.5 Å². The minimum Gasteiger partial charge on any atom is -0.477 e. The van der Waals surface area contributed by atoms with E-state index in [0.29, 0.717) is 29.2 Å². The van der Waals surface area contributed by atoms with Gasteiger partial charge in [-0.1, -0.05) is 42.5 Å². The molecule has 1 unspecified atom stereocenters. The molecule has 2 aromatic carbocycles. The zero-order valence-corrected chi connectivity index (χ0v) is 17.3. The van der Waals surface area contributed by atoms with Gasteiger partial charge >= 0.3 is 0 Å². The highest BCUT2D eigenvalue weighted by molar-refractivity contribution is 6.09. The number of fused-ring (bicyclic) bond motifs is 1. The molecule has 1 aliphatic rings. The van der Waals surface area contributed by atoms with Gasteiger partial charge in [0, 0.05) is 19.3 Å². The van der Waals surface area contributed by atoms with Crippen molar-refractivity contribution in [2.45, 2.75) is 26.5 Å². The van der Waals surface area contributed by atoms with Crippen LogP contribution in [0.1, 0.15) is 27.3 Å². The Hall–Kier alpha value is -3.61. The van der Waals surface area contributed by atoms with Gasteiger partial charge in [-0.2, -0.15) is 5.10 Å². The Morgan fingerprint density at radius 3 is 2.50 bits per heavy atom. The third-order valence-electron chi connectivity index (χ3n) is 5.34. The first-order chi connectivity index (χ1) is 14.5. The standard InChI is InChI=1S/C23H24N4O3/c1-15-21(16(2)26(3)25-15)23(29)27-14-20(30-19-12-8-7-11-18(19)27)22(28)24-13-17-9-5-4-6-10-17/h4-12,20H,13-14H2,1-3H3,(H,24,28). The lowest BCUT2D eigenvalue weighted by Gasteiger charge is -2.34. The third kappa shape index (κ3) is 3.66. The largest absolute Gasteiger partial charge is 0.477 e. The van der Waals surface area contributed by atoms with Crippen LogP contribution in [0.15, 0.2) is 54.6 Å². The number of amides is 2. The lowest BCUT2D eigenvalue weighted by molar-refractivity contribution is -0.127. The first kappa shape index (κ1) is 19.7. The van der Waals surface area contributed by atoms with Crippen LogP contribution in [0, 0.1) is 13.8 Å². The summed E-state index contributed by atoms with van der Waals surface area (Å²) < 4.78 is 7.63. The number of para-hydroxylation sites is 2. The van der Waals surface area contributed by atoms with Crippen LogP contribution >= 0.6 is 0 Å². The highest BCUT2D eigenvalue weighted by Gasteiger charge is 2.35. The van der Waals surface area contributed by atoms with E-state index in [2.05, 4.69) is 10.4 Å². The van der Waals surface area contributed by atoms with Gasteiger partial charge in [0.1, 0.15) is 5.75 Å². The summed E-state index contributed by atoms with van der Waals surface area (Å²) in [6, 6.07) is 16.9. The summed E-state index contributed by atoms with van der Waals surface area (Å²) in [6.07, 6.45) is -0.801. The number of aromatic nitrogens is 2. The summed E-state index contributed by atoms with van der Waals surface area (Å²) >= 11 is 0. The van der Waals surface area contributed by atoms with Gasteiger partial charge in [-0.3, -0.25) is 14.3 Å². The number of nitrogens with one attached hydrogen (secondary N) is 1. The van der Waals surface area contributed by atoms with Crippen molar-refractivity contribution in [2.24, 2.45) is 7.05 Å². The number of nitrogens with zero attached hydrogens (tertiary/aromatic N) is 3. The molecule has 1 atom stereocenters. The number of benzene rings is 2. The van der Waals surface area contributed by atoms with Gasteiger partial charge in [0.25, 0.3) is 11.8 Å². The van der Waals surface area contributed by atoms with Crippen molar-refractivity contribution in [3.63, 3.8) is 0 Å². The Kier molecular flexibility index (Phi) is 5.27. The van der Waals surface area contributed by atoms with Crippen LogP contribution in [0.2, 0.25) is 0 Å². The van der Waals surface area contributed by atoms with Crippen LogP contribution < -0.4 is 15.0 Å². The molecule has 0 fully saturated rings. The van der Waals surface area contributed by atoms with Gasteiger partial charge in [-0.15, -0.1) is 0 Å². The molecule has 1 aromatic heterocycles. The number of carbonyl (C=O) groups excluding carboxylic acids is 2. The third-order valence-corrected chi connectivity index (χ3v) is 5.34. The van der Waals surface area contributed by atoms with E-state index in [-0.39, 0.29) is 18.4 Å². The lowest BCUT2D eigenvalue weighted by atomic mass is 10.1. The predicted molar refractivity (Wildman–Crippen MR) is 114 cm³/mol. The van der Waals surface area contributed by atoms with E-state index >= 15 is 0 Å². The van der Waals surface area contributed by atoms with Gasteiger partial charge < -0.3 is 15.0 Å². The Balaban J connectivity index is 1.59. The molecule has 3 aromatic rings. The zero-order valence-electron chi connectivity index (χ0n) is 17.3. The predicted octanol–water partition coefficient (Wildman–Crippen LogP) is 2.76. The van der Waals surface area contributed by atoms with Crippen molar-refractivity contribution in [3.05, 3.63) is 77.1 Å². The molecule has 0 spiro atoms. The molecule has 30 heavy (non-hydrogen) atoms. The molecule has 7 nitrogen and oxygen atoms in total. The van der Waals surface area contributed by atoms with Crippen molar-refractivity contribution >= 4 is 17.5 Å². The summed E-state index contributed by atoms with van der Waals surface area (Å²) in [5.41, 5.74) is 3.65. The smallest absolute Gasteiger partial charge is 0.263 e. The molecular weight excluding hydrogens is 380 g/mol. The van der Waals surface area contributed by atoms with Gasteiger partial charge in [0.2, 0.25) is 0 Å². The molecule has 1 aliphatic heterocycles. The Morgan fingerprint density at radius 2 is 1.80 bits per heavy atom. The molecule has 0 saturated heterocycles. The lowest BCUT2D eigenvalue weighted by Crippen LogP contribution is -2.50. The summed E-state index contributed by atoms with van der Waals surface area (Å²) in [4.78, 5) is 27.9. The number of ether oxygens (including phenoxy) is 1. The first-order valence-electron chi connectivity index (χ1n) is 9.85. The van der Waals surface area contributed by atoms with E-state index in [4.69, 9.17) is 4.74 Å². The van der Waals surface area contributed by atoms with E-state index < -0.39 is 6.10 Å². The van der Waals surface area contributed by atoms with Crippen molar-refractivity contribution in [1.82, 2.24) is 15.1 Å². The molecule has 0 saturated carbocycles. The molecule has 2 heterocycles. The van der Waals surface area contributed by atoms with Gasteiger partial charge in [-0.25, -0.2) is 0 Å². The molecule has 2 amide bonds. The first-order valence-corrected chi connectivity index (χ1v) is 9.85. The maximum Gasteiger partial charge on any atom is 0.263 e. The van der Waals surface area contributed by atoms with Gasteiger partial charge in [0.05, 0.1) is 23.5 Å². The maximum absolute atomic E-state index is 13.5. The second-order valence-corrected chi connectivity index (χ2v) is 7.36. The van der Waals surface area contributed by atoms with Crippen LogP contribution in [-0.4, -0.2) is 34.2 Å². The van der Waals surface area contributed by atoms with Crippen LogP contribution in [0.25, 0.3) is 0 Å². The summed E-state index contributed by atoms with van der Waals surface area (Å²) in [7, 11) is 1.81. The van der Waals surface area contributed by atoms with Gasteiger partial charge in [-0.05, 0) is 31.5 Å². The highest BCUT2D eigenvalue weighted by atomic mass is 16.5. The van der Waals surface area contributed by atoms with E-state index in [1.54, 1.807) is 15.6 Å². The zero-order chi connectivity index (χ0) is 21.3. The maximum atomic E-state index is 13.5. The fourth-order valence-corrected chi connectivity index (χ4v) is 3.68. The Labute approximate surface area is 175 Å². The minimum atomic E-state index is -0.801. The average Bonchev–Trinajstić information content (AvgIpc) is 3.02. The SMILES string of the molecule is Cc1nn(C)c(C)c1C(=O)N1CC(C(=O)NCc2ccccc2)Oc2ccccc21. The Bertz CT molecular complexity index is 1090. The van der Waals surface area contributed by atoms with E-state index in [9.17, 15) is 9.59 Å². The second kappa shape index (κ2) is 8.02. The van der Waals surface area contributed by atoms with Crippen LogP contribution in [0.4, 0.5) is 5.69 Å². The fraction of sp³-hybridized carbons (Fsp3) is 0.261. The number of aryl methyl sites for hydroxylation is 2. The van der Waals surface area contributed by atoms with Gasteiger partial charge in [0.15, 0.2) is 6.10 Å². The second-order valence-electron chi connectivity index (χ2n) is 7.36. The van der Waals surface area contributed by atoms with E-state index in [1.807, 2.05) is 69.4 Å². The highest BCUT2D eigenvalue weighted by Crippen LogP contribution is 2.34. The van der Waals surface area contributed by atoms with Crippen LogP contribution in [0.5, 0.6) is 5.75 Å². The van der Waals surface area contributed by atoms with Crippen molar-refractivity contribution in [2.75, 3.05) is 11.4 Å². The van der Waals surface area contributed by atoms with Crippen molar-refractivity contribution < 1.29 is 14.3 Å². The number of carbonyl (C=O) groups is 2. The van der Waals surface area contributed by atoms with E-state index in [0.717, 1.165) is 11.3 Å². The monoisotopic (exact) mass is 404 g/mol. The summed E-state index contributed by atoms with van der Waals surface area (Å²) in [5, 5.41) is 7.27. The average molecular weight is 404 g/mol. The number of anilines is 1. The number of hydrogen-bond acceptors (Lipinski definition) is 4. The van der Waals surface area contributed by atoms with Crippen molar-refractivity contribution in [3.8, 4) is 5.75 Å². The molecule has 1 N–H and O–H groups in total. The van der Waals surface area contributed by atoms with Crippen LogP contribution in [-0.2, 0) is 18.4 Å². The molecule has 7 heteroatoms. The molecule has 0 aliphatic carbocycles. The molecular formula is C23H24N4O3. The molecule has 0 radical (unpaired) electrons. The molecule has 4 rings (SSSR count). The minimum absolute atomic E-state index is 0.129.